The third-order valence-corrected chi connectivity index (χ3v) is 3.31. The van der Waals surface area contributed by atoms with Gasteiger partial charge in [0, 0.05) is 12.6 Å². The summed E-state index contributed by atoms with van der Waals surface area (Å²) >= 11 is 0. The molecule has 1 heterocycles. The molecule has 1 aliphatic carbocycles. The Balaban J connectivity index is 0.000000281. The first kappa shape index (κ1) is 9.05. The van der Waals surface area contributed by atoms with Crippen LogP contribution in [0.2, 0.25) is 0 Å². The summed E-state index contributed by atoms with van der Waals surface area (Å²) in [6.07, 6.45) is 3.00. The van der Waals surface area contributed by atoms with Gasteiger partial charge in [0.1, 0.15) is 0 Å². The van der Waals surface area contributed by atoms with Gasteiger partial charge in [-0.15, -0.1) is 0 Å². The minimum Gasteiger partial charge on any atom is -0.303 e. The van der Waals surface area contributed by atoms with E-state index in [1.165, 1.54) is 19.4 Å². The summed E-state index contributed by atoms with van der Waals surface area (Å²) < 4.78 is 0. The molecule has 0 spiro atoms. The predicted molar refractivity (Wildman–Crippen MR) is 49.7 cm³/mol. The first-order valence-corrected chi connectivity index (χ1v) is 4.99. The van der Waals surface area contributed by atoms with Gasteiger partial charge in [0.25, 0.3) is 0 Å². The van der Waals surface area contributed by atoms with E-state index in [2.05, 4.69) is 18.9 Å². The van der Waals surface area contributed by atoms with Crippen LogP contribution in [0.1, 0.15) is 33.6 Å². The van der Waals surface area contributed by atoms with Crippen LogP contribution in [0.3, 0.4) is 0 Å². The summed E-state index contributed by atoms with van der Waals surface area (Å²) in [6, 6.07) is 0.878. The van der Waals surface area contributed by atoms with E-state index in [1.807, 2.05) is 13.8 Å². The Bertz CT molecular complexity index is 118. The van der Waals surface area contributed by atoms with Crippen LogP contribution in [0.25, 0.3) is 0 Å². The fourth-order valence-electron chi connectivity index (χ4n) is 2.32. The zero-order valence-corrected chi connectivity index (χ0v) is 8.30. The molecule has 2 fully saturated rings. The molecule has 2 aliphatic rings. The maximum absolute atomic E-state index is 2.50. The van der Waals surface area contributed by atoms with Crippen molar-refractivity contribution in [1.29, 1.82) is 0 Å². The average Bonchev–Trinajstić information content (AvgIpc) is 2.17. The number of nitrogens with zero attached hydrogens (tertiary/aromatic N) is 1. The molecular formula is C10H21N. The smallest absolute Gasteiger partial charge is 0.00953 e. The molecule has 3 atom stereocenters. The molecule has 3 unspecified atom stereocenters. The minimum atomic E-state index is 0.878. The van der Waals surface area contributed by atoms with Crippen LogP contribution < -0.4 is 0 Å². The second-order valence-corrected chi connectivity index (χ2v) is 3.68. The Morgan fingerprint density at radius 1 is 1.18 bits per heavy atom. The second-order valence-electron chi connectivity index (χ2n) is 3.68. The van der Waals surface area contributed by atoms with E-state index in [9.17, 15) is 0 Å². The van der Waals surface area contributed by atoms with Crippen molar-refractivity contribution in [2.45, 2.75) is 39.7 Å². The van der Waals surface area contributed by atoms with Gasteiger partial charge in [0.2, 0.25) is 0 Å². The van der Waals surface area contributed by atoms with Crippen molar-refractivity contribution in [3.63, 3.8) is 0 Å². The Morgan fingerprint density at radius 2 is 1.82 bits per heavy atom. The van der Waals surface area contributed by atoms with Gasteiger partial charge in [-0.05, 0) is 38.6 Å². The highest BCUT2D eigenvalue weighted by atomic mass is 15.2. The van der Waals surface area contributed by atoms with Gasteiger partial charge in [-0.1, -0.05) is 13.8 Å². The van der Waals surface area contributed by atoms with Crippen molar-refractivity contribution in [3.8, 4) is 0 Å². The van der Waals surface area contributed by atoms with Gasteiger partial charge in [-0.25, -0.2) is 0 Å². The summed E-state index contributed by atoms with van der Waals surface area (Å²) in [5, 5.41) is 0. The molecule has 66 valence electrons. The van der Waals surface area contributed by atoms with Crippen molar-refractivity contribution < 1.29 is 0 Å². The SMILES string of the molecule is CC.CC1C2CCC2CN1C. The van der Waals surface area contributed by atoms with Crippen molar-refractivity contribution in [1.82, 2.24) is 4.90 Å². The zero-order valence-electron chi connectivity index (χ0n) is 8.30. The monoisotopic (exact) mass is 155 g/mol. The van der Waals surface area contributed by atoms with Crippen molar-refractivity contribution >= 4 is 0 Å². The van der Waals surface area contributed by atoms with Crippen LogP contribution in [-0.2, 0) is 0 Å². The lowest BCUT2D eigenvalue weighted by Crippen LogP contribution is -2.29. The molecule has 11 heavy (non-hydrogen) atoms. The largest absolute Gasteiger partial charge is 0.303 e. The van der Waals surface area contributed by atoms with Crippen LogP contribution in [-0.4, -0.2) is 24.5 Å². The molecule has 0 aromatic heterocycles. The van der Waals surface area contributed by atoms with E-state index in [1.54, 1.807) is 0 Å². The second kappa shape index (κ2) is 3.57. The summed E-state index contributed by atoms with van der Waals surface area (Å²) in [6.45, 7) is 7.73. The highest BCUT2D eigenvalue weighted by Crippen LogP contribution is 2.43. The summed E-state index contributed by atoms with van der Waals surface area (Å²) in [5.74, 6) is 2.14. The molecule has 0 aromatic carbocycles. The summed E-state index contributed by atoms with van der Waals surface area (Å²) in [5.41, 5.74) is 0. The lowest BCUT2D eigenvalue weighted by molar-refractivity contribution is 0.205. The van der Waals surface area contributed by atoms with Crippen molar-refractivity contribution in [3.05, 3.63) is 0 Å². The maximum atomic E-state index is 2.50. The predicted octanol–water partition coefficient (Wildman–Crippen LogP) is 2.37. The minimum absolute atomic E-state index is 0.878. The fourth-order valence-corrected chi connectivity index (χ4v) is 2.32. The van der Waals surface area contributed by atoms with Crippen LogP contribution in [0.15, 0.2) is 0 Å². The quantitative estimate of drug-likeness (QED) is 0.519. The van der Waals surface area contributed by atoms with Crippen molar-refractivity contribution in [2.24, 2.45) is 11.8 Å². The molecule has 1 nitrogen and oxygen atoms in total. The van der Waals surface area contributed by atoms with Gasteiger partial charge < -0.3 is 4.90 Å². The van der Waals surface area contributed by atoms with Gasteiger partial charge >= 0.3 is 0 Å². The lowest BCUT2D eigenvalue weighted by atomic mass is 9.73. The van der Waals surface area contributed by atoms with Crippen LogP contribution in [0, 0.1) is 11.8 Å². The van der Waals surface area contributed by atoms with Crippen LogP contribution in [0.4, 0.5) is 0 Å². The fraction of sp³-hybridized carbons (Fsp3) is 1.00. The van der Waals surface area contributed by atoms with Gasteiger partial charge in [-0.2, -0.15) is 0 Å². The van der Waals surface area contributed by atoms with Gasteiger partial charge in [0.05, 0.1) is 0 Å². The zero-order chi connectivity index (χ0) is 8.43. The lowest BCUT2D eigenvalue weighted by Gasteiger charge is -2.31. The van der Waals surface area contributed by atoms with Gasteiger partial charge in [-0.3, -0.25) is 0 Å². The first-order chi connectivity index (χ1) is 5.29. The Morgan fingerprint density at radius 3 is 2.00 bits per heavy atom. The Hall–Kier alpha value is -0.0400. The van der Waals surface area contributed by atoms with E-state index in [0.29, 0.717) is 0 Å². The molecule has 0 radical (unpaired) electrons. The topological polar surface area (TPSA) is 3.24 Å². The highest BCUT2D eigenvalue weighted by molar-refractivity contribution is 4.95. The third kappa shape index (κ3) is 1.44. The highest BCUT2D eigenvalue weighted by Gasteiger charge is 2.42. The third-order valence-electron chi connectivity index (χ3n) is 3.31. The number of hydrogen-bond acceptors (Lipinski definition) is 1. The molecule has 0 bridgehead atoms. The summed E-state index contributed by atoms with van der Waals surface area (Å²) in [4.78, 5) is 2.50. The molecule has 2 rings (SSSR count). The number of hydrogen-bond donors (Lipinski definition) is 0. The molecule has 1 saturated heterocycles. The standard InChI is InChI=1S/C8H15N.C2H6/c1-6-8-4-3-7(8)5-9(6)2;1-2/h6-8H,3-5H2,1-2H3;1-2H3. The Kier molecular flexibility index (Phi) is 2.94. The molecule has 1 saturated carbocycles. The van der Waals surface area contributed by atoms with Crippen LogP contribution in [0.5, 0.6) is 0 Å². The number of rotatable bonds is 0. The number of likely N-dealkylation sites (tertiary alicyclic amines) is 1. The maximum Gasteiger partial charge on any atom is 0.00953 e. The molecule has 0 amide bonds. The van der Waals surface area contributed by atoms with E-state index >= 15 is 0 Å². The van der Waals surface area contributed by atoms with Crippen molar-refractivity contribution in [2.75, 3.05) is 13.6 Å². The molecule has 0 aromatic rings. The molecule has 0 N–H and O–H groups in total. The van der Waals surface area contributed by atoms with E-state index in [4.69, 9.17) is 0 Å². The molecule has 1 aliphatic heterocycles. The van der Waals surface area contributed by atoms with E-state index < -0.39 is 0 Å². The van der Waals surface area contributed by atoms with Gasteiger partial charge in [0.15, 0.2) is 0 Å². The number of fused-ring (bicyclic) bond motifs is 1. The van der Waals surface area contributed by atoms with E-state index in [0.717, 1.165) is 17.9 Å². The van der Waals surface area contributed by atoms with Crippen LogP contribution >= 0.6 is 0 Å². The normalized spacial score (nSPS) is 42.0. The van der Waals surface area contributed by atoms with E-state index in [-0.39, 0.29) is 0 Å². The average molecular weight is 155 g/mol. The molecular weight excluding hydrogens is 134 g/mol. The molecule has 1 heteroatoms. The Labute approximate surface area is 70.8 Å². The first-order valence-electron chi connectivity index (χ1n) is 4.99. The summed E-state index contributed by atoms with van der Waals surface area (Å²) in [7, 11) is 2.25.